The zero-order valence-electron chi connectivity index (χ0n) is 17.8. The summed E-state index contributed by atoms with van der Waals surface area (Å²) in [5.41, 5.74) is 0.793. The molecule has 3 heterocycles. The highest BCUT2D eigenvalue weighted by Crippen LogP contribution is 2.13. The van der Waals surface area contributed by atoms with Crippen LogP contribution >= 0.6 is 0 Å². The van der Waals surface area contributed by atoms with E-state index in [-0.39, 0.29) is 24.7 Å². The molecule has 0 radical (unpaired) electrons. The van der Waals surface area contributed by atoms with Gasteiger partial charge in [0.25, 0.3) is 17.4 Å². The number of carbonyl (C=O) groups excluding carboxylic acids is 2. The Balaban J connectivity index is 1.53. The van der Waals surface area contributed by atoms with Crippen LogP contribution in [0.5, 0.6) is 0 Å². The van der Waals surface area contributed by atoms with Crippen LogP contribution < -0.4 is 5.56 Å². The zero-order chi connectivity index (χ0) is 22.7. The molecule has 32 heavy (non-hydrogen) atoms. The van der Waals surface area contributed by atoms with Crippen LogP contribution in [0.4, 0.5) is 4.39 Å². The lowest BCUT2D eigenvalue weighted by Crippen LogP contribution is -2.51. The van der Waals surface area contributed by atoms with Gasteiger partial charge < -0.3 is 9.80 Å². The van der Waals surface area contributed by atoms with Gasteiger partial charge in [-0.3, -0.25) is 19.0 Å². The van der Waals surface area contributed by atoms with Gasteiger partial charge in [-0.05, 0) is 42.8 Å². The van der Waals surface area contributed by atoms with Crippen LogP contribution in [0.15, 0.2) is 47.4 Å². The first-order chi connectivity index (χ1) is 15.5. The molecule has 0 N–H and O–H groups in total. The van der Waals surface area contributed by atoms with Crippen LogP contribution in [-0.2, 0) is 6.54 Å². The van der Waals surface area contributed by atoms with Gasteiger partial charge >= 0.3 is 0 Å². The average molecular weight is 437 g/mol. The molecule has 8 nitrogen and oxygen atoms in total. The molecule has 9 heteroatoms. The van der Waals surface area contributed by atoms with Gasteiger partial charge in [-0.25, -0.2) is 14.4 Å². The van der Waals surface area contributed by atoms with Crippen molar-refractivity contribution in [3.8, 4) is 0 Å². The molecule has 0 atom stereocenters. The number of unbranched alkanes of at least 4 members (excludes halogenated alkanes) is 1. The van der Waals surface area contributed by atoms with Crippen molar-refractivity contribution in [1.82, 2.24) is 24.3 Å². The Morgan fingerprint density at radius 2 is 1.66 bits per heavy atom. The summed E-state index contributed by atoms with van der Waals surface area (Å²) in [6.07, 6.45) is 3.29. The van der Waals surface area contributed by atoms with E-state index in [1.807, 2.05) is 6.92 Å². The van der Waals surface area contributed by atoms with Crippen molar-refractivity contribution in [2.24, 2.45) is 0 Å². The quantitative estimate of drug-likeness (QED) is 0.611. The number of nitrogens with zero attached hydrogens (tertiary/aromatic N) is 5. The number of amides is 2. The Kier molecular flexibility index (Phi) is 6.25. The third-order valence-electron chi connectivity index (χ3n) is 5.58. The number of fused-ring (bicyclic) bond motifs is 1. The molecule has 166 valence electrons. The Labute approximate surface area is 184 Å². The molecule has 1 aliphatic heterocycles. The lowest BCUT2D eigenvalue weighted by molar-refractivity contribution is 0.0531. The zero-order valence-corrected chi connectivity index (χ0v) is 17.8. The molecule has 0 unspecified atom stereocenters. The fourth-order valence-corrected chi connectivity index (χ4v) is 3.78. The third-order valence-corrected chi connectivity index (χ3v) is 5.58. The van der Waals surface area contributed by atoms with E-state index < -0.39 is 17.3 Å². The number of piperazine rings is 1. The fourth-order valence-electron chi connectivity index (χ4n) is 3.78. The number of hydrogen-bond donors (Lipinski definition) is 0. The Morgan fingerprint density at radius 1 is 1.00 bits per heavy atom. The number of aryl methyl sites for hydroxylation is 1. The maximum Gasteiger partial charge on any atom is 0.283 e. The molecular weight excluding hydrogens is 413 g/mol. The van der Waals surface area contributed by atoms with E-state index in [1.165, 1.54) is 28.8 Å². The van der Waals surface area contributed by atoms with Gasteiger partial charge in [0.05, 0.1) is 0 Å². The first kappa shape index (κ1) is 21.6. The van der Waals surface area contributed by atoms with E-state index in [4.69, 9.17) is 0 Å². The summed E-state index contributed by atoms with van der Waals surface area (Å²) in [5.74, 6) is -1.06. The van der Waals surface area contributed by atoms with Gasteiger partial charge in [0.15, 0.2) is 11.3 Å². The standard InChI is InChI=1S/C23H24FN5O3/c1-2-3-11-29-20-18(5-4-10-25-20)26-19(23(29)32)22(31)28-14-12-27(13-15-28)21(30)16-6-8-17(24)9-7-16/h4-10H,2-3,11-15H2,1H3. The van der Waals surface area contributed by atoms with E-state index in [2.05, 4.69) is 9.97 Å². The molecule has 4 rings (SSSR count). The Morgan fingerprint density at radius 3 is 2.31 bits per heavy atom. The molecule has 1 aliphatic rings. The molecule has 0 bridgehead atoms. The molecular formula is C23H24FN5O3. The normalized spacial score (nSPS) is 14.1. The summed E-state index contributed by atoms with van der Waals surface area (Å²) in [6, 6.07) is 8.84. The van der Waals surface area contributed by atoms with Gasteiger partial charge in [0.1, 0.15) is 11.3 Å². The van der Waals surface area contributed by atoms with Crippen molar-refractivity contribution < 1.29 is 14.0 Å². The van der Waals surface area contributed by atoms with Crippen LogP contribution in [0.2, 0.25) is 0 Å². The average Bonchev–Trinajstić information content (AvgIpc) is 2.83. The van der Waals surface area contributed by atoms with Crippen LogP contribution in [0, 0.1) is 5.82 Å². The lowest BCUT2D eigenvalue weighted by atomic mass is 10.1. The summed E-state index contributed by atoms with van der Waals surface area (Å²) < 4.78 is 14.6. The highest BCUT2D eigenvalue weighted by Gasteiger charge is 2.28. The molecule has 1 saturated heterocycles. The van der Waals surface area contributed by atoms with Gasteiger partial charge in [0, 0.05) is 44.5 Å². The summed E-state index contributed by atoms with van der Waals surface area (Å²) in [7, 11) is 0. The summed E-state index contributed by atoms with van der Waals surface area (Å²) in [5, 5.41) is 0. The number of aromatic nitrogens is 3. The van der Waals surface area contributed by atoms with Crippen LogP contribution in [0.1, 0.15) is 40.6 Å². The molecule has 1 aromatic carbocycles. The fraction of sp³-hybridized carbons (Fsp3) is 0.348. The monoisotopic (exact) mass is 437 g/mol. The molecule has 0 saturated carbocycles. The molecule has 2 amide bonds. The van der Waals surface area contributed by atoms with E-state index in [1.54, 1.807) is 28.1 Å². The van der Waals surface area contributed by atoms with Crippen LogP contribution in [-0.4, -0.2) is 62.3 Å². The Hall–Kier alpha value is -3.62. The maximum absolute atomic E-state index is 13.2. The second kappa shape index (κ2) is 9.25. The van der Waals surface area contributed by atoms with Crippen LogP contribution in [0.25, 0.3) is 11.2 Å². The minimum absolute atomic E-state index is 0.125. The number of hydrogen-bond acceptors (Lipinski definition) is 5. The second-order valence-electron chi connectivity index (χ2n) is 7.71. The Bertz CT molecular complexity index is 1200. The SMILES string of the molecule is CCCCn1c(=O)c(C(=O)N2CCN(C(=O)c3ccc(F)cc3)CC2)nc2cccnc21. The van der Waals surface area contributed by atoms with Gasteiger partial charge in [-0.15, -0.1) is 0 Å². The van der Waals surface area contributed by atoms with Gasteiger partial charge in [0.2, 0.25) is 0 Å². The molecule has 3 aromatic rings. The largest absolute Gasteiger partial charge is 0.335 e. The minimum Gasteiger partial charge on any atom is -0.335 e. The lowest BCUT2D eigenvalue weighted by Gasteiger charge is -2.34. The minimum atomic E-state index is -0.445. The van der Waals surface area contributed by atoms with Crippen molar-refractivity contribution in [3.63, 3.8) is 0 Å². The molecule has 0 spiro atoms. The van der Waals surface area contributed by atoms with E-state index in [0.29, 0.717) is 36.4 Å². The third kappa shape index (κ3) is 4.23. The topological polar surface area (TPSA) is 88.4 Å². The molecule has 1 fully saturated rings. The molecule has 2 aromatic heterocycles. The predicted octanol–water partition coefficient (Wildman–Crippen LogP) is 2.33. The van der Waals surface area contributed by atoms with E-state index in [0.717, 1.165) is 12.8 Å². The van der Waals surface area contributed by atoms with E-state index in [9.17, 15) is 18.8 Å². The van der Waals surface area contributed by atoms with Crippen molar-refractivity contribution in [2.75, 3.05) is 26.2 Å². The number of rotatable bonds is 5. The van der Waals surface area contributed by atoms with Crippen molar-refractivity contribution >= 4 is 23.0 Å². The highest BCUT2D eigenvalue weighted by molar-refractivity contribution is 5.95. The number of carbonyl (C=O) groups is 2. The number of pyridine rings is 1. The summed E-state index contributed by atoms with van der Waals surface area (Å²) >= 11 is 0. The van der Waals surface area contributed by atoms with Crippen molar-refractivity contribution in [3.05, 3.63) is 70.0 Å². The van der Waals surface area contributed by atoms with Gasteiger partial charge in [-0.2, -0.15) is 0 Å². The van der Waals surface area contributed by atoms with Crippen molar-refractivity contribution in [1.29, 1.82) is 0 Å². The van der Waals surface area contributed by atoms with Crippen molar-refractivity contribution in [2.45, 2.75) is 26.3 Å². The second-order valence-corrected chi connectivity index (χ2v) is 7.71. The highest BCUT2D eigenvalue weighted by atomic mass is 19.1. The van der Waals surface area contributed by atoms with E-state index >= 15 is 0 Å². The predicted molar refractivity (Wildman–Crippen MR) is 117 cm³/mol. The van der Waals surface area contributed by atoms with Gasteiger partial charge in [-0.1, -0.05) is 13.3 Å². The number of benzene rings is 1. The smallest absolute Gasteiger partial charge is 0.283 e. The summed E-state index contributed by atoms with van der Waals surface area (Å²) in [4.78, 5) is 50.6. The first-order valence-corrected chi connectivity index (χ1v) is 10.7. The molecule has 0 aliphatic carbocycles. The summed E-state index contributed by atoms with van der Waals surface area (Å²) in [6.45, 7) is 3.70. The number of halogens is 1. The first-order valence-electron chi connectivity index (χ1n) is 10.7. The van der Waals surface area contributed by atoms with Crippen LogP contribution in [0.3, 0.4) is 0 Å². The maximum atomic E-state index is 13.2.